The topological polar surface area (TPSA) is 49.8 Å². The molecule has 0 radical (unpaired) electrons. The number of carbonyl (C=O) groups excluding carboxylic acids is 1. The highest BCUT2D eigenvalue weighted by Gasteiger charge is 2.36. The third-order valence-electron chi connectivity index (χ3n) is 5.21. The second-order valence-electron chi connectivity index (χ2n) is 7.17. The molecule has 2 aliphatic rings. The predicted octanol–water partition coefficient (Wildman–Crippen LogP) is 2.90. The molecule has 0 bridgehead atoms. The maximum Gasteiger partial charge on any atom is 0.225 e. The fourth-order valence-corrected chi connectivity index (χ4v) is 3.85. The Bertz CT molecular complexity index is 578. The van der Waals surface area contributed by atoms with Gasteiger partial charge in [-0.25, -0.2) is 0 Å². The molecule has 1 saturated heterocycles. The number of aliphatic hydroxyl groups is 1. The fourth-order valence-electron chi connectivity index (χ4n) is 3.85. The van der Waals surface area contributed by atoms with E-state index in [-0.39, 0.29) is 18.4 Å². The number of aryl methyl sites for hydroxylation is 2. The number of nitrogens with zero attached hydrogens (tertiary/aromatic N) is 1. The second-order valence-corrected chi connectivity index (χ2v) is 7.17. The number of ether oxygens (including phenoxy) is 1. The summed E-state index contributed by atoms with van der Waals surface area (Å²) in [5, 5.41) is 10.5. The molecule has 1 aromatic carbocycles. The lowest BCUT2D eigenvalue weighted by atomic mass is 9.96. The second kappa shape index (κ2) is 6.62. The molecule has 4 heteroatoms. The van der Waals surface area contributed by atoms with Crippen LogP contribution in [0.1, 0.15) is 54.9 Å². The predicted molar refractivity (Wildman–Crippen MR) is 89.2 cm³/mol. The van der Waals surface area contributed by atoms with Crippen molar-refractivity contribution < 1.29 is 14.6 Å². The van der Waals surface area contributed by atoms with E-state index < -0.39 is 5.60 Å². The van der Waals surface area contributed by atoms with Crippen LogP contribution in [0, 0.1) is 13.8 Å². The van der Waals surface area contributed by atoms with Gasteiger partial charge in [0.05, 0.1) is 25.2 Å². The normalized spacial score (nSPS) is 24.0. The molecule has 2 fully saturated rings. The molecule has 1 aromatic rings. The van der Waals surface area contributed by atoms with Gasteiger partial charge in [-0.2, -0.15) is 0 Å². The number of morpholine rings is 1. The van der Waals surface area contributed by atoms with Gasteiger partial charge in [0.25, 0.3) is 0 Å². The van der Waals surface area contributed by atoms with Crippen molar-refractivity contribution in [3.8, 4) is 0 Å². The molecule has 1 aliphatic carbocycles. The van der Waals surface area contributed by atoms with E-state index in [4.69, 9.17) is 4.74 Å². The van der Waals surface area contributed by atoms with Gasteiger partial charge in [0.1, 0.15) is 6.10 Å². The van der Waals surface area contributed by atoms with E-state index in [1.807, 2.05) is 4.90 Å². The minimum Gasteiger partial charge on any atom is -0.389 e. The Morgan fingerprint density at radius 3 is 2.78 bits per heavy atom. The van der Waals surface area contributed by atoms with Crippen LogP contribution in [0.4, 0.5) is 0 Å². The van der Waals surface area contributed by atoms with Crippen molar-refractivity contribution >= 4 is 5.91 Å². The van der Waals surface area contributed by atoms with E-state index in [0.29, 0.717) is 19.7 Å². The summed E-state index contributed by atoms with van der Waals surface area (Å²) in [6.07, 6.45) is 3.75. The molecular formula is C19H27NO3. The first-order chi connectivity index (χ1) is 11.0. The minimum absolute atomic E-state index is 0.0625. The zero-order valence-corrected chi connectivity index (χ0v) is 14.2. The van der Waals surface area contributed by atoms with Crippen LogP contribution in [-0.4, -0.2) is 41.2 Å². The lowest BCUT2D eigenvalue weighted by Crippen LogP contribution is -2.45. The van der Waals surface area contributed by atoms with E-state index in [1.54, 1.807) is 0 Å². The molecule has 23 heavy (non-hydrogen) atoms. The molecule has 1 aliphatic heterocycles. The summed E-state index contributed by atoms with van der Waals surface area (Å²) in [6, 6.07) is 6.35. The third-order valence-corrected chi connectivity index (χ3v) is 5.21. The number of hydrogen-bond acceptors (Lipinski definition) is 3. The van der Waals surface area contributed by atoms with E-state index in [1.165, 1.54) is 11.1 Å². The van der Waals surface area contributed by atoms with Crippen molar-refractivity contribution in [2.45, 2.75) is 57.7 Å². The summed E-state index contributed by atoms with van der Waals surface area (Å²) in [5.74, 6) is 0.0625. The molecular weight excluding hydrogens is 290 g/mol. The highest BCUT2D eigenvalue weighted by Crippen LogP contribution is 2.33. The van der Waals surface area contributed by atoms with Gasteiger partial charge < -0.3 is 14.7 Å². The maximum atomic E-state index is 12.6. The van der Waals surface area contributed by atoms with Gasteiger partial charge in [0.15, 0.2) is 0 Å². The zero-order chi connectivity index (χ0) is 16.4. The van der Waals surface area contributed by atoms with E-state index in [2.05, 4.69) is 32.0 Å². The molecule has 3 rings (SSSR count). The van der Waals surface area contributed by atoms with Gasteiger partial charge in [0, 0.05) is 6.54 Å². The van der Waals surface area contributed by atoms with E-state index in [0.717, 1.165) is 31.2 Å². The van der Waals surface area contributed by atoms with Crippen LogP contribution < -0.4 is 0 Å². The Hall–Kier alpha value is -1.39. The van der Waals surface area contributed by atoms with E-state index >= 15 is 0 Å². The molecule has 1 heterocycles. The average Bonchev–Trinajstić information content (AvgIpc) is 2.93. The summed E-state index contributed by atoms with van der Waals surface area (Å²) in [5.41, 5.74) is 2.83. The Morgan fingerprint density at radius 1 is 1.35 bits per heavy atom. The number of amides is 1. The lowest BCUT2D eigenvalue weighted by Gasteiger charge is -2.35. The van der Waals surface area contributed by atoms with Crippen molar-refractivity contribution in [1.29, 1.82) is 0 Å². The van der Waals surface area contributed by atoms with Crippen LogP contribution in [0.3, 0.4) is 0 Å². The molecule has 1 saturated carbocycles. The van der Waals surface area contributed by atoms with Gasteiger partial charge >= 0.3 is 0 Å². The van der Waals surface area contributed by atoms with Crippen molar-refractivity contribution in [3.05, 3.63) is 34.9 Å². The van der Waals surface area contributed by atoms with Crippen LogP contribution in [0.5, 0.6) is 0 Å². The Morgan fingerprint density at radius 2 is 2.09 bits per heavy atom. The molecule has 0 aromatic heterocycles. The van der Waals surface area contributed by atoms with Gasteiger partial charge in [-0.1, -0.05) is 36.6 Å². The van der Waals surface area contributed by atoms with Crippen LogP contribution in [-0.2, 0) is 9.53 Å². The monoisotopic (exact) mass is 317 g/mol. The first-order valence-corrected chi connectivity index (χ1v) is 8.66. The maximum absolute atomic E-state index is 12.6. The highest BCUT2D eigenvalue weighted by molar-refractivity contribution is 5.77. The molecule has 1 amide bonds. The Balaban J connectivity index is 1.67. The highest BCUT2D eigenvalue weighted by atomic mass is 16.5. The molecule has 4 nitrogen and oxygen atoms in total. The quantitative estimate of drug-likeness (QED) is 0.932. The third kappa shape index (κ3) is 3.75. The standard InChI is InChI=1S/C19H27NO3/c1-14-5-6-16(15(2)11-14)17-13-20(9-10-23-17)18(21)12-19(22)7-3-4-8-19/h5-6,11,17,22H,3-4,7-10,12-13H2,1-2H3. The van der Waals surface area contributed by atoms with Crippen molar-refractivity contribution in [2.75, 3.05) is 19.7 Å². The van der Waals surface area contributed by atoms with Gasteiger partial charge in [-0.3, -0.25) is 4.79 Å². The van der Waals surface area contributed by atoms with Crippen LogP contribution in [0.25, 0.3) is 0 Å². The van der Waals surface area contributed by atoms with Gasteiger partial charge in [-0.05, 0) is 37.8 Å². The lowest BCUT2D eigenvalue weighted by molar-refractivity contribution is -0.144. The van der Waals surface area contributed by atoms with Crippen LogP contribution in [0.2, 0.25) is 0 Å². The summed E-state index contributed by atoms with van der Waals surface area (Å²) >= 11 is 0. The largest absolute Gasteiger partial charge is 0.389 e. The molecule has 1 unspecified atom stereocenters. The zero-order valence-electron chi connectivity index (χ0n) is 14.2. The van der Waals surface area contributed by atoms with Crippen molar-refractivity contribution in [3.63, 3.8) is 0 Å². The van der Waals surface area contributed by atoms with Gasteiger partial charge in [-0.15, -0.1) is 0 Å². The summed E-state index contributed by atoms with van der Waals surface area (Å²) in [4.78, 5) is 14.5. The van der Waals surface area contributed by atoms with Crippen molar-refractivity contribution in [1.82, 2.24) is 4.90 Å². The summed E-state index contributed by atoms with van der Waals surface area (Å²) in [7, 11) is 0. The van der Waals surface area contributed by atoms with Crippen LogP contribution >= 0.6 is 0 Å². The van der Waals surface area contributed by atoms with Crippen LogP contribution in [0.15, 0.2) is 18.2 Å². The fraction of sp³-hybridized carbons (Fsp3) is 0.632. The first kappa shape index (κ1) is 16.5. The number of hydrogen-bond donors (Lipinski definition) is 1. The molecule has 1 N–H and O–H groups in total. The van der Waals surface area contributed by atoms with Crippen molar-refractivity contribution in [2.24, 2.45) is 0 Å². The molecule has 126 valence electrons. The molecule has 1 atom stereocenters. The average molecular weight is 317 g/mol. The smallest absolute Gasteiger partial charge is 0.225 e. The van der Waals surface area contributed by atoms with Gasteiger partial charge in [0.2, 0.25) is 5.91 Å². The number of rotatable bonds is 3. The van der Waals surface area contributed by atoms with E-state index in [9.17, 15) is 9.90 Å². The Kier molecular flexibility index (Phi) is 4.74. The number of carbonyl (C=O) groups is 1. The Labute approximate surface area is 138 Å². The molecule has 0 spiro atoms. The first-order valence-electron chi connectivity index (χ1n) is 8.66. The minimum atomic E-state index is -0.773. The summed E-state index contributed by atoms with van der Waals surface area (Å²) in [6.45, 7) is 5.93. The number of benzene rings is 1. The SMILES string of the molecule is Cc1ccc(C2CN(C(=O)CC3(O)CCCC3)CCO2)c(C)c1. The summed E-state index contributed by atoms with van der Waals surface area (Å²) < 4.78 is 5.90.